The summed E-state index contributed by atoms with van der Waals surface area (Å²) in [5, 5.41) is 5.83. The van der Waals surface area contributed by atoms with Crippen LogP contribution in [0, 0.1) is 13.8 Å². The fourth-order valence-electron chi connectivity index (χ4n) is 3.72. The van der Waals surface area contributed by atoms with Crippen molar-refractivity contribution in [1.29, 1.82) is 0 Å². The van der Waals surface area contributed by atoms with Gasteiger partial charge in [-0.05, 0) is 85.6 Å². The first-order chi connectivity index (χ1) is 18.1. The van der Waals surface area contributed by atoms with Crippen LogP contribution in [-0.4, -0.2) is 26.8 Å². The highest BCUT2D eigenvalue weighted by Gasteiger charge is 2.28. The number of para-hydroxylation sites is 1. The minimum Gasteiger partial charge on any atom is -0.467 e. The molecule has 0 saturated heterocycles. The predicted octanol–water partition coefficient (Wildman–Crippen LogP) is 5.31. The Labute approximate surface area is 226 Å². The number of anilines is 2. The summed E-state index contributed by atoms with van der Waals surface area (Å²) >= 11 is 5.95. The van der Waals surface area contributed by atoms with Gasteiger partial charge in [-0.15, -0.1) is 0 Å². The van der Waals surface area contributed by atoms with Crippen LogP contribution < -0.4 is 14.9 Å². The molecule has 0 saturated carbocycles. The fraction of sp³-hybridized carbons (Fsp3) is 0.143. The lowest BCUT2D eigenvalue weighted by molar-refractivity contribution is -0.114. The van der Waals surface area contributed by atoms with Crippen molar-refractivity contribution >= 4 is 44.8 Å². The van der Waals surface area contributed by atoms with E-state index in [0.29, 0.717) is 16.5 Å². The van der Waals surface area contributed by atoms with Crippen LogP contribution in [0.15, 0.2) is 94.4 Å². The Kier molecular flexibility index (Phi) is 8.19. The van der Waals surface area contributed by atoms with Crippen LogP contribution in [0.1, 0.15) is 27.2 Å². The number of nitrogens with zero attached hydrogens (tertiary/aromatic N) is 1. The van der Waals surface area contributed by atoms with Crippen molar-refractivity contribution in [3.8, 4) is 0 Å². The SMILES string of the molecule is Cc1ccc(N(CC(=O)Nc2ccccc2C(=O)NCc2ccco2)S(=O)(=O)c2ccc(Cl)cc2)cc1C. The van der Waals surface area contributed by atoms with E-state index < -0.39 is 28.4 Å². The van der Waals surface area contributed by atoms with Crippen molar-refractivity contribution in [3.63, 3.8) is 0 Å². The first-order valence-corrected chi connectivity index (χ1v) is 13.5. The number of aryl methyl sites for hydroxylation is 2. The highest BCUT2D eigenvalue weighted by Crippen LogP contribution is 2.27. The molecule has 2 amide bonds. The Morgan fingerprint density at radius 3 is 2.34 bits per heavy atom. The van der Waals surface area contributed by atoms with Gasteiger partial charge in [-0.25, -0.2) is 8.42 Å². The second kappa shape index (κ2) is 11.5. The summed E-state index contributed by atoms with van der Waals surface area (Å²) in [6.45, 7) is 3.44. The number of rotatable bonds is 9. The smallest absolute Gasteiger partial charge is 0.264 e. The molecule has 4 aromatic rings. The van der Waals surface area contributed by atoms with Crippen LogP contribution in [0.5, 0.6) is 0 Å². The molecule has 196 valence electrons. The molecule has 3 aromatic carbocycles. The van der Waals surface area contributed by atoms with E-state index in [0.717, 1.165) is 15.4 Å². The van der Waals surface area contributed by atoms with Gasteiger partial charge in [0.05, 0.1) is 34.6 Å². The Morgan fingerprint density at radius 1 is 0.921 bits per heavy atom. The molecule has 0 aliphatic heterocycles. The number of carbonyl (C=O) groups excluding carboxylic acids is 2. The normalized spacial score (nSPS) is 11.1. The third kappa shape index (κ3) is 6.24. The summed E-state index contributed by atoms with van der Waals surface area (Å²) in [4.78, 5) is 26.0. The fourth-order valence-corrected chi connectivity index (χ4v) is 5.25. The van der Waals surface area contributed by atoms with Crippen molar-refractivity contribution in [3.05, 3.63) is 113 Å². The molecule has 4 rings (SSSR count). The highest BCUT2D eigenvalue weighted by molar-refractivity contribution is 7.92. The van der Waals surface area contributed by atoms with Gasteiger partial charge in [0, 0.05) is 5.02 Å². The van der Waals surface area contributed by atoms with E-state index in [9.17, 15) is 18.0 Å². The van der Waals surface area contributed by atoms with Gasteiger partial charge in [0.2, 0.25) is 5.91 Å². The first kappa shape index (κ1) is 27.0. The average molecular weight is 552 g/mol. The molecule has 0 spiro atoms. The number of furan rings is 1. The first-order valence-electron chi connectivity index (χ1n) is 11.7. The maximum absolute atomic E-state index is 13.6. The van der Waals surface area contributed by atoms with Crippen molar-refractivity contribution < 1.29 is 22.4 Å². The molecule has 0 fully saturated rings. The van der Waals surface area contributed by atoms with E-state index in [1.54, 1.807) is 54.6 Å². The van der Waals surface area contributed by atoms with Crippen LogP contribution >= 0.6 is 11.6 Å². The summed E-state index contributed by atoms with van der Waals surface area (Å²) < 4.78 is 33.5. The summed E-state index contributed by atoms with van der Waals surface area (Å²) in [6.07, 6.45) is 1.51. The molecule has 10 heteroatoms. The number of nitrogens with one attached hydrogen (secondary N) is 2. The van der Waals surface area contributed by atoms with E-state index in [1.165, 1.54) is 30.5 Å². The van der Waals surface area contributed by atoms with E-state index in [4.69, 9.17) is 16.0 Å². The molecule has 0 aliphatic rings. The minimum atomic E-state index is -4.12. The van der Waals surface area contributed by atoms with Gasteiger partial charge in [0.1, 0.15) is 12.3 Å². The van der Waals surface area contributed by atoms with E-state index in [1.807, 2.05) is 13.8 Å². The second-order valence-corrected chi connectivity index (χ2v) is 10.9. The highest BCUT2D eigenvalue weighted by atomic mass is 35.5. The summed E-state index contributed by atoms with van der Waals surface area (Å²) in [5.41, 5.74) is 2.67. The van der Waals surface area contributed by atoms with E-state index in [-0.39, 0.29) is 22.7 Å². The van der Waals surface area contributed by atoms with Crippen LogP contribution in [0.3, 0.4) is 0 Å². The molecule has 38 heavy (non-hydrogen) atoms. The average Bonchev–Trinajstić information content (AvgIpc) is 3.42. The standard InChI is InChI=1S/C28H26ClN3O5S/c1-19-9-12-22(16-20(19)2)32(38(35,36)24-13-10-21(29)11-14-24)18-27(33)31-26-8-4-3-7-25(26)28(34)30-17-23-6-5-15-37-23/h3-16H,17-18H2,1-2H3,(H,30,34)(H,31,33). The lowest BCUT2D eigenvalue weighted by Gasteiger charge is -2.25. The van der Waals surface area contributed by atoms with Gasteiger partial charge < -0.3 is 15.1 Å². The van der Waals surface area contributed by atoms with E-state index >= 15 is 0 Å². The van der Waals surface area contributed by atoms with Crippen molar-refractivity contribution in [2.45, 2.75) is 25.3 Å². The van der Waals surface area contributed by atoms with Gasteiger partial charge >= 0.3 is 0 Å². The Morgan fingerprint density at radius 2 is 1.66 bits per heavy atom. The molecule has 8 nitrogen and oxygen atoms in total. The van der Waals surface area contributed by atoms with Crippen LogP contribution in [0.4, 0.5) is 11.4 Å². The van der Waals surface area contributed by atoms with Crippen molar-refractivity contribution in [2.24, 2.45) is 0 Å². The Balaban J connectivity index is 1.59. The van der Waals surface area contributed by atoms with Crippen LogP contribution in [0.2, 0.25) is 5.02 Å². The Bertz CT molecular complexity index is 1550. The van der Waals surface area contributed by atoms with Crippen molar-refractivity contribution in [2.75, 3.05) is 16.2 Å². The lowest BCUT2D eigenvalue weighted by Crippen LogP contribution is -2.38. The predicted molar refractivity (Wildman–Crippen MR) is 147 cm³/mol. The Hall–Kier alpha value is -4.08. The molecule has 2 N–H and O–H groups in total. The zero-order valence-corrected chi connectivity index (χ0v) is 22.3. The molecule has 0 aliphatic carbocycles. The number of carbonyl (C=O) groups is 2. The molecular formula is C28H26ClN3O5S. The van der Waals surface area contributed by atoms with Gasteiger partial charge in [-0.1, -0.05) is 29.8 Å². The molecule has 1 aromatic heterocycles. The number of hydrogen-bond donors (Lipinski definition) is 2. The topological polar surface area (TPSA) is 109 Å². The molecule has 0 unspecified atom stereocenters. The summed E-state index contributed by atoms with van der Waals surface area (Å²) in [7, 11) is -4.12. The van der Waals surface area contributed by atoms with Crippen molar-refractivity contribution in [1.82, 2.24) is 5.32 Å². The number of hydrogen-bond acceptors (Lipinski definition) is 5. The third-order valence-corrected chi connectivity index (χ3v) is 7.96. The van der Waals surface area contributed by atoms with Gasteiger partial charge in [-0.3, -0.25) is 13.9 Å². The summed E-state index contributed by atoms with van der Waals surface area (Å²) in [6, 6.07) is 20.8. The monoisotopic (exact) mass is 551 g/mol. The quantitative estimate of drug-likeness (QED) is 0.293. The summed E-state index contributed by atoms with van der Waals surface area (Å²) in [5.74, 6) is -0.458. The molecule has 0 bridgehead atoms. The maximum Gasteiger partial charge on any atom is 0.264 e. The van der Waals surface area contributed by atoms with E-state index in [2.05, 4.69) is 10.6 Å². The number of halogens is 1. The largest absolute Gasteiger partial charge is 0.467 e. The van der Waals surface area contributed by atoms with Crippen LogP contribution in [-0.2, 0) is 21.4 Å². The molecule has 0 radical (unpaired) electrons. The number of benzene rings is 3. The lowest BCUT2D eigenvalue weighted by atomic mass is 10.1. The van der Waals surface area contributed by atoms with Gasteiger partial charge in [0.15, 0.2) is 0 Å². The molecule has 0 atom stereocenters. The maximum atomic E-state index is 13.6. The minimum absolute atomic E-state index is 0.00867. The zero-order valence-electron chi connectivity index (χ0n) is 20.8. The molecular weight excluding hydrogens is 526 g/mol. The van der Waals surface area contributed by atoms with Gasteiger partial charge in [0.25, 0.3) is 15.9 Å². The number of sulfonamides is 1. The molecule has 1 heterocycles. The second-order valence-electron chi connectivity index (χ2n) is 8.59. The van der Waals surface area contributed by atoms with Crippen LogP contribution in [0.25, 0.3) is 0 Å². The number of amides is 2. The zero-order chi connectivity index (χ0) is 27.3. The van der Waals surface area contributed by atoms with Gasteiger partial charge in [-0.2, -0.15) is 0 Å². The third-order valence-electron chi connectivity index (χ3n) is 5.92.